The van der Waals surface area contributed by atoms with E-state index < -0.39 is 23.1 Å². The van der Waals surface area contributed by atoms with Crippen LogP contribution < -0.4 is 9.77 Å². The van der Waals surface area contributed by atoms with E-state index in [9.17, 15) is 19.2 Å². The largest absolute Gasteiger partial charge is 0.465 e. The molecular formula is C28H27BrN2O5S2. The number of carbonyl (C=O) groups excluding carboxylic acids is 3. The van der Waals surface area contributed by atoms with Gasteiger partial charge in [0.25, 0.3) is 0 Å². The summed E-state index contributed by atoms with van der Waals surface area (Å²) in [5.74, 6) is -2.31. The number of hydrogen-bond donors (Lipinski definition) is 0. The number of fused-ring (bicyclic) bond motifs is 2. The van der Waals surface area contributed by atoms with Crippen LogP contribution in [0.15, 0.2) is 62.8 Å². The molecule has 2 aliphatic heterocycles. The smallest absolute Gasteiger partial charge is 0.326 e. The van der Waals surface area contributed by atoms with Crippen LogP contribution >= 0.6 is 39.0 Å². The number of anilines is 1. The Balaban J connectivity index is 1.64. The Morgan fingerprint density at radius 2 is 1.66 bits per heavy atom. The number of thioether (sulfide) groups is 1. The summed E-state index contributed by atoms with van der Waals surface area (Å²) in [6, 6.07) is 15.1. The normalized spacial score (nSPS) is 20.9. The number of amides is 2. The maximum Gasteiger partial charge on any atom is 0.326 e. The minimum Gasteiger partial charge on any atom is -0.465 e. The Morgan fingerprint density at radius 3 is 2.26 bits per heavy atom. The van der Waals surface area contributed by atoms with E-state index in [1.807, 2.05) is 24.3 Å². The molecule has 198 valence electrons. The number of aromatic nitrogens is 1. The summed E-state index contributed by atoms with van der Waals surface area (Å²) in [5.41, 5.74) is 2.45. The molecule has 0 N–H and O–H groups in total. The van der Waals surface area contributed by atoms with Gasteiger partial charge in [-0.25, -0.2) is 4.90 Å². The number of hydrogen-bond acceptors (Lipinski definition) is 7. The minimum absolute atomic E-state index is 0.0556. The second-order valence-corrected chi connectivity index (χ2v) is 13.4. The molecule has 7 nitrogen and oxygen atoms in total. The fourth-order valence-corrected chi connectivity index (χ4v) is 8.02. The molecule has 38 heavy (non-hydrogen) atoms. The maximum atomic E-state index is 13.9. The lowest BCUT2D eigenvalue weighted by Crippen LogP contribution is -2.32. The first-order valence-corrected chi connectivity index (χ1v) is 14.8. The second-order valence-electron chi connectivity index (χ2n) is 10.3. The summed E-state index contributed by atoms with van der Waals surface area (Å²) in [4.78, 5) is 54.7. The highest BCUT2D eigenvalue weighted by Gasteiger charge is 2.56. The molecule has 2 unspecified atom stereocenters. The zero-order valence-electron chi connectivity index (χ0n) is 21.4. The van der Waals surface area contributed by atoms with Crippen LogP contribution in [0.5, 0.6) is 0 Å². The molecule has 0 saturated carbocycles. The van der Waals surface area contributed by atoms with Crippen LogP contribution in [-0.2, 0) is 31.1 Å². The topological polar surface area (TPSA) is 85.7 Å². The summed E-state index contributed by atoms with van der Waals surface area (Å²) in [7, 11) is 0. The molecule has 0 aliphatic carbocycles. The number of esters is 1. The molecule has 3 aromatic rings. The third-order valence-electron chi connectivity index (χ3n) is 6.86. The lowest BCUT2D eigenvalue weighted by molar-refractivity contribution is -0.144. The van der Waals surface area contributed by atoms with Crippen LogP contribution in [0, 0.1) is 5.92 Å². The first-order valence-electron chi connectivity index (χ1n) is 12.3. The SMILES string of the molecule is CCOC(=O)Cn1c2c(sc1=O)[C@H](c1ccc(C(C)(C)C)cc1)C1C(=O)N(c3ccc(Br)cc3)C(=O)C1S2. The Hall–Kier alpha value is -2.69. The van der Waals surface area contributed by atoms with Crippen molar-refractivity contribution in [2.75, 3.05) is 11.5 Å². The Labute approximate surface area is 237 Å². The summed E-state index contributed by atoms with van der Waals surface area (Å²) in [5, 5.41) is -0.175. The van der Waals surface area contributed by atoms with Crippen molar-refractivity contribution in [3.8, 4) is 0 Å². The third kappa shape index (κ3) is 4.67. The van der Waals surface area contributed by atoms with E-state index in [1.54, 1.807) is 31.2 Å². The summed E-state index contributed by atoms with van der Waals surface area (Å²) >= 11 is 5.63. The van der Waals surface area contributed by atoms with Gasteiger partial charge in [0.15, 0.2) is 0 Å². The zero-order valence-corrected chi connectivity index (χ0v) is 24.6. The van der Waals surface area contributed by atoms with Crippen molar-refractivity contribution in [2.24, 2.45) is 5.92 Å². The predicted molar refractivity (Wildman–Crippen MR) is 152 cm³/mol. The predicted octanol–water partition coefficient (Wildman–Crippen LogP) is 5.33. The first kappa shape index (κ1) is 26.9. The molecule has 3 heterocycles. The zero-order chi connectivity index (χ0) is 27.4. The van der Waals surface area contributed by atoms with Crippen molar-refractivity contribution in [1.82, 2.24) is 4.57 Å². The van der Waals surface area contributed by atoms with Crippen molar-refractivity contribution in [3.05, 3.63) is 78.7 Å². The van der Waals surface area contributed by atoms with Gasteiger partial charge in [0, 0.05) is 15.3 Å². The average Bonchev–Trinajstić information content (AvgIpc) is 3.30. The molecule has 2 amide bonds. The van der Waals surface area contributed by atoms with Crippen LogP contribution in [0.4, 0.5) is 5.69 Å². The van der Waals surface area contributed by atoms with Gasteiger partial charge < -0.3 is 4.74 Å². The van der Waals surface area contributed by atoms with Gasteiger partial charge in [-0.3, -0.25) is 23.7 Å². The highest BCUT2D eigenvalue weighted by Crippen LogP contribution is 2.54. The van der Waals surface area contributed by atoms with Crippen LogP contribution in [0.3, 0.4) is 0 Å². The molecule has 1 aromatic heterocycles. The van der Waals surface area contributed by atoms with Crippen molar-refractivity contribution >= 4 is 62.5 Å². The highest BCUT2D eigenvalue weighted by molar-refractivity contribution is 9.10. The number of ether oxygens (including phenoxy) is 1. The minimum atomic E-state index is -0.728. The number of nitrogens with zero attached hydrogens (tertiary/aromatic N) is 2. The fourth-order valence-electron chi connectivity index (χ4n) is 4.99. The molecule has 1 fully saturated rings. The van der Waals surface area contributed by atoms with E-state index in [4.69, 9.17) is 4.74 Å². The van der Waals surface area contributed by atoms with Gasteiger partial charge >= 0.3 is 10.8 Å². The van der Waals surface area contributed by atoms with Gasteiger partial charge in [-0.1, -0.05) is 84.1 Å². The van der Waals surface area contributed by atoms with Crippen molar-refractivity contribution in [3.63, 3.8) is 0 Å². The fraction of sp³-hybridized carbons (Fsp3) is 0.357. The number of thiazole rings is 1. The van der Waals surface area contributed by atoms with Crippen LogP contribution in [0.25, 0.3) is 0 Å². The van der Waals surface area contributed by atoms with Crippen molar-refractivity contribution < 1.29 is 19.1 Å². The average molecular weight is 616 g/mol. The second kappa shape index (κ2) is 10.1. The molecule has 0 bridgehead atoms. The number of carbonyl (C=O) groups is 3. The standard InChI is InChI=1S/C28H27BrN2O5S2/c1-5-36-19(32)14-30-26-23(38-27(30)35)20(15-6-8-16(9-7-15)28(2,3)4)21-22(37-26)25(34)31(24(21)33)18-12-10-17(29)11-13-18/h6-13,20-22H,5,14H2,1-4H3/t20-,21?,22?/m1/s1. The Kier molecular flexibility index (Phi) is 7.17. The molecule has 3 atom stereocenters. The number of rotatable bonds is 5. The molecular weight excluding hydrogens is 588 g/mol. The number of benzene rings is 2. The summed E-state index contributed by atoms with van der Waals surface area (Å²) in [6.07, 6.45) is 0. The van der Waals surface area contributed by atoms with Crippen LogP contribution in [0.2, 0.25) is 0 Å². The van der Waals surface area contributed by atoms with Gasteiger partial charge in [-0.15, -0.1) is 0 Å². The summed E-state index contributed by atoms with van der Waals surface area (Å²) < 4.78 is 7.32. The monoisotopic (exact) mass is 614 g/mol. The lowest BCUT2D eigenvalue weighted by atomic mass is 9.81. The lowest BCUT2D eigenvalue weighted by Gasteiger charge is -2.31. The molecule has 10 heteroatoms. The van der Waals surface area contributed by atoms with Crippen LogP contribution in [0.1, 0.15) is 49.6 Å². The molecule has 0 spiro atoms. The Morgan fingerprint density at radius 1 is 1.00 bits per heavy atom. The van der Waals surface area contributed by atoms with Crippen molar-refractivity contribution in [2.45, 2.75) is 55.8 Å². The number of imide groups is 1. The Bertz CT molecular complexity index is 1470. The van der Waals surface area contributed by atoms with Gasteiger partial charge in [0.1, 0.15) is 11.8 Å². The maximum absolute atomic E-state index is 13.9. The molecule has 2 aliphatic rings. The van der Waals surface area contributed by atoms with E-state index in [0.717, 1.165) is 26.9 Å². The number of halogens is 1. The van der Waals surface area contributed by atoms with E-state index in [2.05, 4.69) is 36.7 Å². The molecule has 1 saturated heterocycles. The third-order valence-corrected chi connectivity index (χ3v) is 9.99. The molecule has 2 aromatic carbocycles. The van der Waals surface area contributed by atoms with E-state index in [1.165, 1.54) is 21.2 Å². The molecule has 0 radical (unpaired) electrons. The van der Waals surface area contributed by atoms with E-state index >= 15 is 0 Å². The molecule has 5 rings (SSSR count). The van der Waals surface area contributed by atoms with Gasteiger partial charge in [0.2, 0.25) is 11.8 Å². The van der Waals surface area contributed by atoms with E-state index in [0.29, 0.717) is 15.6 Å². The highest BCUT2D eigenvalue weighted by atomic mass is 79.9. The van der Waals surface area contributed by atoms with Crippen molar-refractivity contribution in [1.29, 1.82) is 0 Å². The quantitative estimate of drug-likeness (QED) is 0.285. The van der Waals surface area contributed by atoms with Crippen LogP contribution in [-0.4, -0.2) is 34.2 Å². The van der Waals surface area contributed by atoms with Gasteiger partial charge in [0.05, 0.1) is 23.2 Å². The first-order chi connectivity index (χ1) is 18.0. The summed E-state index contributed by atoms with van der Waals surface area (Å²) in [6.45, 7) is 8.06. The van der Waals surface area contributed by atoms with Gasteiger partial charge in [-0.2, -0.15) is 0 Å². The van der Waals surface area contributed by atoms with Gasteiger partial charge in [-0.05, 0) is 47.7 Å². The van der Waals surface area contributed by atoms with E-state index in [-0.39, 0.29) is 35.3 Å².